The quantitative estimate of drug-likeness (QED) is 0.632. The molecule has 0 saturated heterocycles. The molecule has 2 aromatic rings. The van der Waals surface area contributed by atoms with Crippen molar-refractivity contribution >= 4 is 29.1 Å². The number of para-hydroxylation sites is 1. The minimum absolute atomic E-state index is 0.260. The molecule has 27 heavy (non-hydrogen) atoms. The van der Waals surface area contributed by atoms with E-state index in [1.165, 1.54) is 0 Å². The van der Waals surface area contributed by atoms with E-state index in [-0.39, 0.29) is 11.8 Å². The molecule has 2 N–H and O–H groups in total. The van der Waals surface area contributed by atoms with Gasteiger partial charge in [-0.15, -0.1) is 0 Å². The predicted octanol–water partition coefficient (Wildman–Crippen LogP) is 5.01. The molecule has 2 rings (SSSR count). The van der Waals surface area contributed by atoms with Crippen molar-refractivity contribution in [3.8, 4) is 0 Å². The number of amides is 2. The second-order valence-corrected chi connectivity index (χ2v) is 6.13. The van der Waals surface area contributed by atoms with E-state index in [0.717, 1.165) is 5.57 Å². The first-order valence-electron chi connectivity index (χ1n) is 8.43. The molecule has 0 aliphatic carbocycles. The van der Waals surface area contributed by atoms with Crippen LogP contribution < -0.4 is 10.6 Å². The van der Waals surface area contributed by atoms with Gasteiger partial charge in [-0.25, -0.2) is 0 Å². The van der Waals surface area contributed by atoms with Gasteiger partial charge in [0.15, 0.2) is 0 Å². The molecule has 0 aliphatic heterocycles. The molecule has 0 spiro atoms. The Balaban J connectivity index is 2.05. The summed E-state index contributed by atoms with van der Waals surface area (Å²) in [7, 11) is 0. The van der Waals surface area contributed by atoms with Gasteiger partial charge < -0.3 is 10.6 Å². The number of nitrogens with one attached hydrogen (secondary N) is 2. The highest BCUT2D eigenvalue weighted by Crippen LogP contribution is 2.17. The molecule has 0 aliphatic rings. The number of benzene rings is 2. The first-order valence-corrected chi connectivity index (χ1v) is 8.81. The fourth-order valence-corrected chi connectivity index (χ4v) is 2.53. The van der Waals surface area contributed by atoms with Crippen LogP contribution in [0.4, 0.5) is 5.69 Å². The van der Waals surface area contributed by atoms with Crippen molar-refractivity contribution in [1.29, 1.82) is 0 Å². The predicted molar refractivity (Wildman–Crippen MR) is 111 cm³/mol. The van der Waals surface area contributed by atoms with Crippen LogP contribution in [-0.4, -0.2) is 18.4 Å². The number of allylic oxidation sites excluding steroid dienone is 3. The summed E-state index contributed by atoms with van der Waals surface area (Å²) < 4.78 is 0. The number of carbonyl (C=O) groups excluding carboxylic acids is 2. The van der Waals surface area contributed by atoms with Crippen LogP contribution >= 0.6 is 11.6 Å². The third kappa shape index (κ3) is 5.97. The molecular weight excluding hydrogens is 360 g/mol. The van der Waals surface area contributed by atoms with E-state index in [1.807, 2.05) is 6.08 Å². The smallest absolute Gasteiger partial charge is 0.255 e. The summed E-state index contributed by atoms with van der Waals surface area (Å²) in [4.78, 5) is 24.9. The summed E-state index contributed by atoms with van der Waals surface area (Å²) in [6.07, 6.45) is 5.90. The standard InChI is InChI=1S/C22H21ClN2O2/c1-3-7-16(4-2)14-15-24-22(27)19-8-5-6-9-20(19)25-21(26)17-10-12-18(23)13-11-17/h3-13H,1-2,14-15H2,(H,24,27)(H,25,26)/b16-7+. The van der Waals surface area contributed by atoms with Gasteiger partial charge in [-0.2, -0.15) is 0 Å². The van der Waals surface area contributed by atoms with Gasteiger partial charge in [0.25, 0.3) is 11.8 Å². The summed E-state index contributed by atoms with van der Waals surface area (Å²) in [5.74, 6) is -0.571. The van der Waals surface area contributed by atoms with E-state index in [4.69, 9.17) is 11.6 Å². The molecule has 0 aromatic heterocycles. The summed E-state index contributed by atoms with van der Waals surface area (Å²) in [6.45, 7) is 7.83. The second kappa shape index (κ2) is 10.1. The van der Waals surface area contributed by atoms with E-state index in [0.29, 0.717) is 34.8 Å². The summed E-state index contributed by atoms with van der Waals surface area (Å²) in [6, 6.07) is 13.4. The number of rotatable bonds is 8. The highest BCUT2D eigenvalue weighted by Gasteiger charge is 2.13. The molecule has 0 heterocycles. The lowest BCUT2D eigenvalue weighted by Crippen LogP contribution is -2.26. The van der Waals surface area contributed by atoms with Crippen molar-refractivity contribution in [3.63, 3.8) is 0 Å². The van der Waals surface area contributed by atoms with Crippen LogP contribution in [0.25, 0.3) is 0 Å². The Morgan fingerprint density at radius 3 is 2.37 bits per heavy atom. The fourth-order valence-electron chi connectivity index (χ4n) is 2.41. The third-order valence-corrected chi connectivity index (χ3v) is 4.07. The number of anilines is 1. The van der Waals surface area contributed by atoms with Gasteiger partial charge in [0.05, 0.1) is 11.3 Å². The van der Waals surface area contributed by atoms with E-state index < -0.39 is 0 Å². The van der Waals surface area contributed by atoms with Crippen LogP contribution in [0.1, 0.15) is 27.1 Å². The van der Waals surface area contributed by atoms with Crippen LogP contribution in [0.3, 0.4) is 0 Å². The Morgan fingerprint density at radius 2 is 1.70 bits per heavy atom. The van der Waals surface area contributed by atoms with Gasteiger partial charge >= 0.3 is 0 Å². The number of halogens is 1. The van der Waals surface area contributed by atoms with Gasteiger partial charge in [-0.3, -0.25) is 9.59 Å². The fraction of sp³-hybridized carbons (Fsp3) is 0.0909. The van der Waals surface area contributed by atoms with Gasteiger partial charge in [0.1, 0.15) is 0 Å². The van der Waals surface area contributed by atoms with Crippen molar-refractivity contribution in [1.82, 2.24) is 5.32 Å². The lowest BCUT2D eigenvalue weighted by atomic mass is 10.1. The van der Waals surface area contributed by atoms with Crippen LogP contribution in [0.2, 0.25) is 5.02 Å². The largest absolute Gasteiger partial charge is 0.352 e. The number of carbonyl (C=O) groups is 2. The van der Waals surface area contributed by atoms with E-state index >= 15 is 0 Å². The molecule has 0 saturated carbocycles. The van der Waals surface area contributed by atoms with E-state index in [2.05, 4.69) is 23.8 Å². The van der Waals surface area contributed by atoms with Crippen molar-refractivity contribution in [3.05, 3.63) is 102 Å². The van der Waals surface area contributed by atoms with Crippen LogP contribution in [-0.2, 0) is 0 Å². The maximum atomic E-state index is 12.5. The van der Waals surface area contributed by atoms with Crippen molar-refractivity contribution in [2.24, 2.45) is 0 Å². The maximum Gasteiger partial charge on any atom is 0.255 e. The monoisotopic (exact) mass is 380 g/mol. The Morgan fingerprint density at radius 1 is 1.00 bits per heavy atom. The number of hydrogen-bond acceptors (Lipinski definition) is 2. The zero-order valence-corrected chi connectivity index (χ0v) is 15.6. The van der Waals surface area contributed by atoms with E-state index in [1.54, 1.807) is 60.7 Å². The Kier molecular flexibility index (Phi) is 7.59. The SMILES string of the molecule is C=C/C=C(\C=C)CCNC(=O)c1ccccc1NC(=O)c1ccc(Cl)cc1. The van der Waals surface area contributed by atoms with Crippen molar-refractivity contribution in [2.75, 3.05) is 11.9 Å². The number of hydrogen-bond donors (Lipinski definition) is 2. The topological polar surface area (TPSA) is 58.2 Å². The lowest BCUT2D eigenvalue weighted by molar-refractivity contribution is 0.0955. The third-order valence-electron chi connectivity index (χ3n) is 3.82. The average molecular weight is 381 g/mol. The molecular formula is C22H21ClN2O2. The van der Waals surface area contributed by atoms with Crippen LogP contribution in [0, 0.1) is 0 Å². The van der Waals surface area contributed by atoms with Crippen LogP contribution in [0.15, 0.2) is 85.5 Å². The molecule has 138 valence electrons. The molecule has 0 bridgehead atoms. The highest BCUT2D eigenvalue weighted by atomic mass is 35.5. The Hall–Kier alpha value is -3.11. The van der Waals surface area contributed by atoms with E-state index in [9.17, 15) is 9.59 Å². The molecule has 0 unspecified atom stereocenters. The second-order valence-electron chi connectivity index (χ2n) is 5.69. The van der Waals surface area contributed by atoms with Gasteiger partial charge in [0.2, 0.25) is 0 Å². The average Bonchev–Trinajstić information content (AvgIpc) is 2.68. The normalized spacial score (nSPS) is 10.8. The van der Waals surface area contributed by atoms with Crippen LogP contribution in [0.5, 0.6) is 0 Å². The lowest BCUT2D eigenvalue weighted by Gasteiger charge is -2.12. The minimum atomic E-state index is -0.310. The zero-order valence-electron chi connectivity index (χ0n) is 14.9. The van der Waals surface area contributed by atoms with Gasteiger partial charge in [0, 0.05) is 17.1 Å². The Labute approximate surface area is 164 Å². The molecule has 0 radical (unpaired) electrons. The minimum Gasteiger partial charge on any atom is -0.352 e. The maximum absolute atomic E-state index is 12.5. The van der Waals surface area contributed by atoms with Crippen molar-refractivity contribution in [2.45, 2.75) is 6.42 Å². The molecule has 4 nitrogen and oxygen atoms in total. The first kappa shape index (κ1) is 20.2. The van der Waals surface area contributed by atoms with Gasteiger partial charge in [-0.1, -0.05) is 55.1 Å². The molecule has 5 heteroatoms. The Bertz CT molecular complexity index is 870. The summed E-state index contributed by atoms with van der Waals surface area (Å²) in [5.41, 5.74) is 2.28. The first-order chi connectivity index (χ1) is 13.0. The van der Waals surface area contributed by atoms with Crippen molar-refractivity contribution < 1.29 is 9.59 Å². The zero-order chi connectivity index (χ0) is 19.6. The molecule has 2 amide bonds. The molecule has 2 aromatic carbocycles. The summed E-state index contributed by atoms with van der Waals surface area (Å²) in [5, 5.41) is 6.18. The highest BCUT2D eigenvalue weighted by molar-refractivity contribution is 6.30. The molecule has 0 fully saturated rings. The van der Waals surface area contributed by atoms with Gasteiger partial charge in [-0.05, 0) is 48.4 Å². The summed E-state index contributed by atoms with van der Waals surface area (Å²) >= 11 is 5.84. The molecule has 0 atom stereocenters.